The molecule has 0 amide bonds. The van der Waals surface area contributed by atoms with Gasteiger partial charge < -0.3 is 0 Å². The molecule has 3 aromatic rings. The first-order valence-corrected chi connectivity index (χ1v) is 7.86. The molecule has 0 fully saturated rings. The van der Waals surface area contributed by atoms with E-state index in [1.165, 1.54) is 41.2 Å². The van der Waals surface area contributed by atoms with Gasteiger partial charge in [-0.15, -0.1) is 0 Å². The summed E-state index contributed by atoms with van der Waals surface area (Å²) >= 11 is 0. The van der Waals surface area contributed by atoms with Gasteiger partial charge in [-0.25, -0.2) is 0 Å². The molecule has 0 heteroatoms. The second kappa shape index (κ2) is 6.58. The maximum absolute atomic E-state index is 2.33. The zero-order chi connectivity index (χ0) is 14.5. The number of rotatable bonds is 5. The van der Waals surface area contributed by atoms with Crippen LogP contribution in [0.2, 0.25) is 0 Å². The highest BCUT2D eigenvalue weighted by molar-refractivity contribution is 5.85. The molecule has 0 bridgehead atoms. The average molecular weight is 274 g/mol. The van der Waals surface area contributed by atoms with Crippen molar-refractivity contribution in [3.8, 4) is 0 Å². The van der Waals surface area contributed by atoms with E-state index in [1.807, 2.05) is 0 Å². The number of aryl methyl sites for hydroxylation is 1. The van der Waals surface area contributed by atoms with Crippen molar-refractivity contribution in [2.24, 2.45) is 0 Å². The van der Waals surface area contributed by atoms with Gasteiger partial charge in [0.1, 0.15) is 0 Å². The standard InChI is InChI=1S/C21H22/c1-17(18-10-3-2-4-11-18)9-7-13-20-15-8-14-19-12-5-6-16-21(19)20/h2-6,8,10-12,14-17H,7,9,13H2,1H3. The molecule has 0 heterocycles. The zero-order valence-corrected chi connectivity index (χ0v) is 12.6. The second-order valence-corrected chi connectivity index (χ2v) is 5.84. The van der Waals surface area contributed by atoms with Crippen LogP contribution < -0.4 is 0 Å². The molecular formula is C21H22. The van der Waals surface area contributed by atoms with Crippen LogP contribution in [0.1, 0.15) is 36.8 Å². The maximum atomic E-state index is 2.33. The molecule has 0 nitrogen and oxygen atoms in total. The van der Waals surface area contributed by atoms with E-state index < -0.39 is 0 Å². The number of hydrogen-bond donors (Lipinski definition) is 0. The molecule has 0 aliphatic rings. The first kappa shape index (κ1) is 13.9. The van der Waals surface area contributed by atoms with Crippen LogP contribution in [-0.2, 0) is 6.42 Å². The van der Waals surface area contributed by atoms with Crippen LogP contribution in [0.15, 0.2) is 72.8 Å². The molecule has 0 aromatic heterocycles. The Morgan fingerprint density at radius 3 is 2.33 bits per heavy atom. The fraction of sp³-hybridized carbons (Fsp3) is 0.238. The lowest BCUT2D eigenvalue weighted by atomic mass is 9.93. The van der Waals surface area contributed by atoms with Crippen LogP contribution in [0.25, 0.3) is 10.8 Å². The van der Waals surface area contributed by atoms with Crippen molar-refractivity contribution in [2.45, 2.75) is 32.1 Å². The Morgan fingerprint density at radius 2 is 1.48 bits per heavy atom. The minimum Gasteiger partial charge on any atom is -0.0622 e. The summed E-state index contributed by atoms with van der Waals surface area (Å²) in [6.45, 7) is 2.33. The SMILES string of the molecule is CC(CCCc1cccc2ccccc12)c1ccccc1. The third-order valence-electron chi connectivity index (χ3n) is 4.33. The Hall–Kier alpha value is -2.08. The molecule has 0 N–H and O–H groups in total. The van der Waals surface area contributed by atoms with Gasteiger partial charge in [0, 0.05) is 0 Å². The monoisotopic (exact) mass is 274 g/mol. The predicted octanol–water partition coefficient (Wildman–Crippen LogP) is 5.97. The molecule has 1 unspecified atom stereocenters. The van der Waals surface area contributed by atoms with Gasteiger partial charge in [0.2, 0.25) is 0 Å². The Bertz CT molecular complexity index is 692. The van der Waals surface area contributed by atoms with Gasteiger partial charge in [0.15, 0.2) is 0 Å². The van der Waals surface area contributed by atoms with Gasteiger partial charge in [-0.05, 0) is 47.1 Å². The van der Waals surface area contributed by atoms with E-state index in [-0.39, 0.29) is 0 Å². The summed E-state index contributed by atoms with van der Waals surface area (Å²) in [5, 5.41) is 2.76. The van der Waals surface area contributed by atoms with Crippen LogP contribution >= 0.6 is 0 Å². The van der Waals surface area contributed by atoms with Gasteiger partial charge in [0.25, 0.3) is 0 Å². The first-order chi connectivity index (χ1) is 10.3. The molecule has 21 heavy (non-hydrogen) atoms. The van der Waals surface area contributed by atoms with E-state index in [1.54, 1.807) is 0 Å². The normalized spacial score (nSPS) is 12.4. The van der Waals surface area contributed by atoms with Gasteiger partial charge in [-0.3, -0.25) is 0 Å². The minimum atomic E-state index is 0.640. The van der Waals surface area contributed by atoms with Gasteiger partial charge >= 0.3 is 0 Å². The Kier molecular flexibility index (Phi) is 4.35. The fourth-order valence-electron chi connectivity index (χ4n) is 3.06. The zero-order valence-electron chi connectivity index (χ0n) is 12.6. The number of fused-ring (bicyclic) bond motifs is 1. The molecule has 0 aliphatic heterocycles. The molecule has 0 aliphatic carbocycles. The predicted molar refractivity (Wildman–Crippen MR) is 91.7 cm³/mol. The van der Waals surface area contributed by atoms with Crippen LogP contribution in [0.3, 0.4) is 0 Å². The highest BCUT2D eigenvalue weighted by Crippen LogP contribution is 2.24. The Balaban J connectivity index is 1.65. The first-order valence-electron chi connectivity index (χ1n) is 7.86. The van der Waals surface area contributed by atoms with Crippen LogP contribution in [0, 0.1) is 0 Å². The topological polar surface area (TPSA) is 0 Å². The summed E-state index contributed by atoms with van der Waals surface area (Å²) in [5.41, 5.74) is 2.93. The molecular weight excluding hydrogens is 252 g/mol. The second-order valence-electron chi connectivity index (χ2n) is 5.84. The van der Waals surface area contributed by atoms with Crippen molar-refractivity contribution in [1.82, 2.24) is 0 Å². The van der Waals surface area contributed by atoms with E-state index in [9.17, 15) is 0 Å². The number of benzene rings is 3. The molecule has 0 spiro atoms. The summed E-state index contributed by atoms with van der Waals surface area (Å²) < 4.78 is 0. The third kappa shape index (κ3) is 3.33. The molecule has 1 atom stereocenters. The molecule has 0 saturated heterocycles. The molecule has 3 aromatic carbocycles. The van der Waals surface area contributed by atoms with Gasteiger partial charge in [0.05, 0.1) is 0 Å². The largest absolute Gasteiger partial charge is 0.0622 e. The molecule has 3 rings (SSSR count). The summed E-state index contributed by atoms with van der Waals surface area (Å²) in [7, 11) is 0. The van der Waals surface area contributed by atoms with Crippen molar-refractivity contribution < 1.29 is 0 Å². The molecule has 106 valence electrons. The van der Waals surface area contributed by atoms with E-state index >= 15 is 0 Å². The van der Waals surface area contributed by atoms with Crippen molar-refractivity contribution in [2.75, 3.05) is 0 Å². The smallest absolute Gasteiger partial charge is 0.0152 e. The van der Waals surface area contributed by atoms with Crippen molar-refractivity contribution >= 4 is 10.8 Å². The quantitative estimate of drug-likeness (QED) is 0.538. The summed E-state index contributed by atoms with van der Waals surface area (Å²) in [5.74, 6) is 0.640. The lowest BCUT2D eigenvalue weighted by molar-refractivity contribution is 0.635. The van der Waals surface area contributed by atoms with Crippen molar-refractivity contribution in [3.05, 3.63) is 83.9 Å². The average Bonchev–Trinajstić information content (AvgIpc) is 2.56. The third-order valence-corrected chi connectivity index (χ3v) is 4.33. The lowest BCUT2D eigenvalue weighted by Gasteiger charge is -2.12. The maximum Gasteiger partial charge on any atom is -0.0152 e. The van der Waals surface area contributed by atoms with E-state index in [0.717, 1.165) is 0 Å². The molecule has 0 saturated carbocycles. The highest BCUT2D eigenvalue weighted by atomic mass is 14.1. The van der Waals surface area contributed by atoms with E-state index in [4.69, 9.17) is 0 Å². The van der Waals surface area contributed by atoms with Crippen molar-refractivity contribution in [3.63, 3.8) is 0 Å². The van der Waals surface area contributed by atoms with Crippen LogP contribution in [0.4, 0.5) is 0 Å². The summed E-state index contributed by atoms with van der Waals surface area (Å²) in [6, 6.07) is 26.2. The van der Waals surface area contributed by atoms with Gasteiger partial charge in [-0.2, -0.15) is 0 Å². The fourth-order valence-corrected chi connectivity index (χ4v) is 3.06. The Labute approximate surface area is 127 Å². The number of hydrogen-bond acceptors (Lipinski definition) is 0. The van der Waals surface area contributed by atoms with E-state index in [2.05, 4.69) is 79.7 Å². The van der Waals surface area contributed by atoms with Crippen LogP contribution in [-0.4, -0.2) is 0 Å². The van der Waals surface area contributed by atoms with Crippen molar-refractivity contribution in [1.29, 1.82) is 0 Å². The minimum absolute atomic E-state index is 0.640. The summed E-state index contributed by atoms with van der Waals surface area (Å²) in [4.78, 5) is 0. The summed E-state index contributed by atoms with van der Waals surface area (Å²) in [6.07, 6.45) is 3.65. The highest BCUT2D eigenvalue weighted by Gasteiger charge is 2.06. The van der Waals surface area contributed by atoms with E-state index in [0.29, 0.717) is 5.92 Å². The van der Waals surface area contributed by atoms with Crippen LogP contribution in [0.5, 0.6) is 0 Å². The van der Waals surface area contributed by atoms with Gasteiger partial charge in [-0.1, -0.05) is 79.7 Å². The lowest BCUT2D eigenvalue weighted by Crippen LogP contribution is -1.95. The Morgan fingerprint density at radius 1 is 0.762 bits per heavy atom. The molecule has 0 radical (unpaired) electrons.